The quantitative estimate of drug-likeness (QED) is 0.422. The number of ether oxygens (including phenoxy) is 2. The number of aliphatic carboxylic acids is 1. The highest BCUT2D eigenvalue weighted by atomic mass is 32.2. The summed E-state index contributed by atoms with van der Waals surface area (Å²) < 4.78 is 11.0. The minimum atomic E-state index is -0.987. The Morgan fingerprint density at radius 1 is 0.933 bits per heavy atom. The maximum Gasteiger partial charge on any atom is 0.341 e. The molecule has 0 heterocycles. The van der Waals surface area contributed by atoms with Crippen LogP contribution in [0.5, 0.6) is 11.5 Å². The molecule has 0 aliphatic carbocycles. The Morgan fingerprint density at radius 2 is 1.63 bits per heavy atom. The largest absolute Gasteiger partial charge is 0.493 e. The van der Waals surface area contributed by atoms with E-state index < -0.39 is 5.97 Å². The van der Waals surface area contributed by atoms with Gasteiger partial charge in [-0.25, -0.2) is 4.79 Å². The highest BCUT2D eigenvalue weighted by Crippen LogP contribution is 2.32. The second kappa shape index (κ2) is 11.1. The van der Waals surface area contributed by atoms with Crippen LogP contribution < -0.4 is 9.47 Å². The number of para-hydroxylation sites is 1. The van der Waals surface area contributed by atoms with Gasteiger partial charge < -0.3 is 14.6 Å². The molecule has 0 unspecified atom stereocenters. The van der Waals surface area contributed by atoms with Crippen molar-refractivity contribution in [3.8, 4) is 11.5 Å². The van der Waals surface area contributed by atoms with Crippen LogP contribution in [0, 0.1) is 0 Å². The van der Waals surface area contributed by atoms with Crippen molar-refractivity contribution in [2.24, 2.45) is 0 Å². The Morgan fingerprint density at radius 3 is 2.33 bits per heavy atom. The molecule has 0 aliphatic rings. The molecule has 0 fully saturated rings. The minimum Gasteiger partial charge on any atom is -0.493 e. The maximum absolute atomic E-state index is 10.6. The zero-order valence-electron chi connectivity index (χ0n) is 16.8. The SMILES string of the molecule is CCOc1ccccc1/C(=C\CSc1ccc(OCC(=O)O)cc1)c1ccccc1. The summed E-state index contributed by atoms with van der Waals surface area (Å²) in [6.07, 6.45) is 2.21. The van der Waals surface area contributed by atoms with Crippen LogP contribution in [-0.4, -0.2) is 30.0 Å². The smallest absolute Gasteiger partial charge is 0.341 e. The fraction of sp³-hybridized carbons (Fsp3) is 0.160. The fourth-order valence-electron chi connectivity index (χ4n) is 2.97. The van der Waals surface area contributed by atoms with Crippen LogP contribution in [0.3, 0.4) is 0 Å². The fourth-order valence-corrected chi connectivity index (χ4v) is 3.74. The van der Waals surface area contributed by atoms with E-state index in [1.807, 2.05) is 55.5 Å². The van der Waals surface area contributed by atoms with E-state index in [0.29, 0.717) is 12.4 Å². The van der Waals surface area contributed by atoms with Crippen molar-refractivity contribution < 1.29 is 19.4 Å². The molecular formula is C25H24O4S. The monoisotopic (exact) mass is 420 g/mol. The van der Waals surface area contributed by atoms with Crippen molar-refractivity contribution in [1.29, 1.82) is 0 Å². The summed E-state index contributed by atoms with van der Waals surface area (Å²) in [7, 11) is 0. The summed E-state index contributed by atoms with van der Waals surface area (Å²) >= 11 is 1.70. The van der Waals surface area contributed by atoms with Gasteiger partial charge in [-0.2, -0.15) is 0 Å². The van der Waals surface area contributed by atoms with Gasteiger partial charge in [0.1, 0.15) is 11.5 Å². The van der Waals surface area contributed by atoms with E-state index in [1.54, 1.807) is 23.9 Å². The first-order chi connectivity index (χ1) is 14.7. The number of hydrogen-bond acceptors (Lipinski definition) is 4. The van der Waals surface area contributed by atoms with Crippen molar-refractivity contribution >= 4 is 23.3 Å². The average molecular weight is 421 g/mol. The summed E-state index contributed by atoms with van der Waals surface area (Å²) in [6, 6.07) is 25.8. The molecule has 0 atom stereocenters. The Bertz CT molecular complexity index is 982. The molecule has 3 aromatic rings. The first-order valence-corrected chi connectivity index (χ1v) is 10.7. The van der Waals surface area contributed by atoms with Crippen molar-refractivity contribution in [2.45, 2.75) is 11.8 Å². The first-order valence-electron chi connectivity index (χ1n) is 9.72. The van der Waals surface area contributed by atoms with Gasteiger partial charge in [0, 0.05) is 16.2 Å². The number of benzene rings is 3. The number of rotatable bonds is 10. The van der Waals surface area contributed by atoms with E-state index >= 15 is 0 Å². The average Bonchev–Trinajstić information content (AvgIpc) is 2.77. The molecule has 3 rings (SSSR count). The number of carboxylic acid groups (broad SMARTS) is 1. The van der Waals surface area contributed by atoms with Crippen molar-refractivity contribution in [2.75, 3.05) is 19.0 Å². The lowest BCUT2D eigenvalue weighted by molar-refractivity contribution is -0.139. The van der Waals surface area contributed by atoms with Crippen LogP contribution in [0.4, 0.5) is 0 Å². The number of carboxylic acids is 1. The predicted octanol–water partition coefficient (Wildman–Crippen LogP) is 5.77. The zero-order valence-corrected chi connectivity index (χ0v) is 17.6. The lowest BCUT2D eigenvalue weighted by atomic mass is 9.97. The summed E-state index contributed by atoms with van der Waals surface area (Å²) in [6.45, 7) is 2.27. The number of carbonyl (C=O) groups is 1. The highest BCUT2D eigenvalue weighted by Gasteiger charge is 2.10. The van der Waals surface area contributed by atoms with E-state index in [9.17, 15) is 4.79 Å². The molecule has 30 heavy (non-hydrogen) atoms. The Balaban J connectivity index is 1.77. The van der Waals surface area contributed by atoms with Crippen LogP contribution in [0.15, 0.2) is 89.8 Å². The molecule has 0 amide bonds. The standard InChI is InChI=1S/C25H24O4S/c1-2-28-24-11-7-6-10-23(24)22(19-8-4-3-5-9-19)16-17-30-21-14-12-20(13-15-21)29-18-25(26)27/h3-16H,2,17-18H2,1H3,(H,26,27)/b22-16-. The maximum atomic E-state index is 10.6. The molecule has 5 heteroatoms. The van der Waals surface area contributed by atoms with Crippen LogP contribution in [0.1, 0.15) is 18.1 Å². The summed E-state index contributed by atoms with van der Waals surface area (Å²) in [5.74, 6) is 1.22. The number of thioether (sulfide) groups is 1. The molecule has 0 radical (unpaired) electrons. The third-order valence-electron chi connectivity index (χ3n) is 4.29. The van der Waals surface area contributed by atoms with Crippen LogP contribution in [0.25, 0.3) is 5.57 Å². The molecule has 0 saturated carbocycles. The van der Waals surface area contributed by atoms with E-state index in [1.165, 1.54) is 0 Å². The molecule has 0 aliphatic heterocycles. The normalized spacial score (nSPS) is 11.2. The van der Waals surface area contributed by atoms with E-state index in [2.05, 4.69) is 24.3 Å². The Hall–Kier alpha value is -3.18. The van der Waals surface area contributed by atoms with Gasteiger partial charge in [0.25, 0.3) is 0 Å². The van der Waals surface area contributed by atoms with Gasteiger partial charge in [-0.1, -0.05) is 54.6 Å². The minimum absolute atomic E-state index is 0.338. The summed E-state index contributed by atoms with van der Waals surface area (Å²) in [4.78, 5) is 11.7. The lowest BCUT2D eigenvalue weighted by Crippen LogP contribution is -2.09. The Kier molecular flexibility index (Phi) is 7.98. The molecule has 0 spiro atoms. The van der Waals surface area contributed by atoms with Crippen molar-refractivity contribution in [1.82, 2.24) is 0 Å². The zero-order chi connectivity index (χ0) is 21.2. The Labute approximate surface area is 181 Å². The van der Waals surface area contributed by atoms with E-state index in [0.717, 1.165) is 33.1 Å². The summed E-state index contributed by atoms with van der Waals surface area (Å²) in [5.41, 5.74) is 3.35. The van der Waals surface area contributed by atoms with Gasteiger partial charge in [-0.3, -0.25) is 0 Å². The molecule has 154 valence electrons. The lowest BCUT2D eigenvalue weighted by Gasteiger charge is -2.14. The van der Waals surface area contributed by atoms with Crippen molar-refractivity contribution in [3.05, 3.63) is 96.1 Å². The van der Waals surface area contributed by atoms with Gasteiger partial charge in [-0.15, -0.1) is 11.8 Å². The van der Waals surface area contributed by atoms with Gasteiger partial charge in [0.05, 0.1) is 6.61 Å². The molecule has 0 saturated heterocycles. The van der Waals surface area contributed by atoms with Crippen LogP contribution >= 0.6 is 11.8 Å². The third-order valence-corrected chi connectivity index (χ3v) is 5.22. The molecule has 0 bridgehead atoms. The van der Waals surface area contributed by atoms with Gasteiger partial charge in [0.15, 0.2) is 6.61 Å². The second-order valence-electron chi connectivity index (χ2n) is 6.38. The molecule has 1 N–H and O–H groups in total. The molecule has 0 aromatic heterocycles. The first kappa shape index (κ1) is 21.5. The van der Waals surface area contributed by atoms with E-state index in [4.69, 9.17) is 14.6 Å². The van der Waals surface area contributed by atoms with Crippen LogP contribution in [-0.2, 0) is 4.79 Å². The predicted molar refractivity (Wildman–Crippen MR) is 121 cm³/mol. The highest BCUT2D eigenvalue weighted by molar-refractivity contribution is 7.99. The topological polar surface area (TPSA) is 55.8 Å². The van der Waals surface area contributed by atoms with E-state index in [-0.39, 0.29) is 6.61 Å². The van der Waals surface area contributed by atoms with Gasteiger partial charge >= 0.3 is 5.97 Å². The number of hydrogen-bond donors (Lipinski definition) is 1. The van der Waals surface area contributed by atoms with Crippen molar-refractivity contribution in [3.63, 3.8) is 0 Å². The summed E-state index contributed by atoms with van der Waals surface area (Å²) in [5, 5.41) is 8.69. The molecule has 3 aromatic carbocycles. The molecular weight excluding hydrogens is 396 g/mol. The van der Waals surface area contributed by atoms with Gasteiger partial charge in [-0.05, 0) is 48.4 Å². The molecule has 4 nitrogen and oxygen atoms in total. The third kappa shape index (κ3) is 6.16. The van der Waals surface area contributed by atoms with Crippen LogP contribution in [0.2, 0.25) is 0 Å². The van der Waals surface area contributed by atoms with Gasteiger partial charge in [0.2, 0.25) is 0 Å². The second-order valence-corrected chi connectivity index (χ2v) is 7.47.